The van der Waals surface area contributed by atoms with Gasteiger partial charge >= 0.3 is 0 Å². The average molecular weight is 216 g/mol. The molecule has 56 valence electrons. The maximum atomic E-state index is 10.9. The van der Waals surface area contributed by atoms with Gasteiger partial charge in [0.05, 0.1) is 0 Å². The zero-order valence-corrected chi connectivity index (χ0v) is 8.01. The average Bonchev–Trinajstić information content (AvgIpc) is 1.64. The number of sulfonamides is 1. The van der Waals surface area contributed by atoms with Gasteiger partial charge in [-0.05, 0) is 20.9 Å². The third-order valence-corrected chi connectivity index (χ3v) is 4.00. The fourth-order valence-corrected chi connectivity index (χ4v) is 1.21. The van der Waals surface area contributed by atoms with E-state index < -0.39 is 13.7 Å². The lowest BCUT2D eigenvalue weighted by atomic mass is 10.6. The summed E-state index contributed by atoms with van der Waals surface area (Å²) in [5.74, 6) is 0. The molecule has 0 unspecified atom stereocenters. The number of hydrogen-bond donors (Lipinski definition) is 1. The molecule has 0 bridgehead atoms. The Kier molecular flexibility index (Phi) is 2.67. The summed E-state index contributed by atoms with van der Waals surface area (Å²) in [6.07, 6.45) is 0. The van der Waals surface area contributed by atoms with Gasteiger partial charge in [-0.15, -0.1) is 0 Å². The van der Waals surface area contributed by atoms with Crippen LogP contribution in [0.4, 0.5) is 0 Å². The summed E-state index contributed by atoms with van der Waals surface area (Å²) < 4.78 is 23.1. The number of rotatable bonds is 2. The van der Waals surface area contributed by atoms with Crippen molar-refractivity contribution in [2.75, 3.05) is 7.05 Å². The maximum absolute atomic E-state index is 10.9. The first-order valence-electron chi connectivity index (χ1n) is 2.43. The van der Waals surface area contributed by atoms with Gasteiger partial charge in [-0.1, -0.05) is 15.9 Å². The number of halogens is 1. The first-order chi connectivity index (χ1) is 3.81. The maximum Gasteiger partial charge on any atom is 0.226 e. The molecule has 0 amide bonds. The van der Waals surface area contributed by atoms with Crippen LogP contribution in [0.1, 0.15) is 13.8 Å². The third kappa shape index (κ3) is 2.23. The van der Waals surface area contributed by atoms with Crippen molar-refractivity contribution in [1.29, 1.82) is 0 Å². The topological polar surface area (TPSA) is 46.2 Å². The van der Waals surface area contributed by atoms with E-state index in [9.17, 15) is 8.42 Å². The molecule has 5 heteroatoms. The Bertz CT molecular complexity index is 179. The van der Waals surface area contributed by atoms with Gasteiger partial charge in [-0.2, -0.15) is 0 Å². The lowest BCUT2D eigenvalue weighted by Gasteiger charge is -2.14. The molecule has 0 atom stereocenters. The van der Waals surface area contributed by atoms with Crippen LogP contribution < -0.4 is 4.72 Å². The Morgan fingerprint density at radius 2 is 1.78 bits per heavy atom. The summed E-state index contributed by atoms with van der Waals surface area (Å²) in [7, 11) is -1.78. The molecule has 1 N–H and O–H groups in total. The first kappa shape index (κ1) is 9.39. The lowest BCUT2D eigenvalue weighted by molar-refractivity contribution is 0.575. The van der Waals surface area contributed by atoms with Crippen LogP contribution in [0.2, 0.25) is 0 Å². The smallest absolute Gasteiger partial charge is 0.217 e. The minimum Gasteiger partial charge on any atom is -0.217 e. The van der Waals surface area contributed by atoms with E-state index in [-0.39, 0.29) is 0 Å². The third-order valence-electron chi connectivity index (χ3n) is 0.908. The highest BCUT2D eigenvalue weighted by Gasteiger charge is 2.28. The molecule has 0 aliphatic carbocycles. The minimum atomic E-state index is -3.17. The van der Waals surface area contributed by atoms with Crippen LogP contribution in [-0.2, 0) is 10.0 Å². The Balaban J connectivity index is 4.57. The van der Waals surface area contributed by atoms with Crippen molar-refractivity contribution in [3.05, 3.63) is 0 Å². The highest BCUT2D eigenvalue weighted by atomic mass is 79.9. The molecule has 0 radical (unpaired) electrons. The largest absolute Gasteiger partial charge is 0.226 e. The minimum absolute atomic E-state index is 0.880. The zero-order chi connectivity index (χ0) is 7.71. The molecular formula is C4H10BrNO2S. The van der Waals surface area contributed by atoms with E-state index in [0.29, 0.717) is 0 Å². The van der Waals surface area contributed by atoms with Crippen molar-refractivity contribution in [3.63, 3.8) is 0 Å². The first-order valence-corrected chi connectivity index (χ1v) is 4.71. The monoisotopic (exact) mass is 215 g/mol. The summed E-state index contributed by atoms with van der Waals surface area (Å²) in [5, 5.41) is 0. The van der Waals surface area contributed by atoms with E-state index in [1.165, 1.54) is 7.05 Å². The zero-order valence-electron chi connectivity index (χ0n) is 5.60. The molecule has 0 spiro atoms. The molecule has 0 aliphatic heterocycles. The van der Waals surface area contributed by atoms with Crippen LogP contribution in [0.5, 0.6) is 0 Å². The van der Waals surface area contributed by atoms with E-state index in [4.69, 9.17) is 0 Å². The van der Waals surface area contributed by atoms with Crippen molar-refractivity contribution >= 4 is 26.0 Å². The van der Waals surface area contributed by atoms with Gasteiger partial charge in [0.25, 0.3) is 0 Å². The summed E-state index contributed by atoms with van der Waals surface area (Å²) >= 11 is 3.01. The van der Waals surface area contributed by atoms with Crippen LogP contribution in [0.25, 0.3) is 0 Å². The van der Waals surface area contributed by atoms with Crippen molar-refractivity contribution in [3.8, 4) is 0 Å². The number of nitrogens with one attached hydrogen (secondary N) is 1. The molecular weight excluding hydrogens is 206 g/mol. The Hall–Kier alpha value is 0.390. The van der Waals surface area contributed by atoms with Gasteiger partial charge in [0.1, 0.15) is 3.66 Å². The van der Waals surface area contributed by atoms with Gasteiger partial charge in [0, 0.05) is 0 Å². The molecule has 0 fully saturated rings. The normalized spacial score (nSPS) is 13.8. The summed E-state index contributed by atoms with van der Waals surface area (Å²) in [6, 6.07) is 0. The predicted molar refractivity (Wildman–Crippen MR) is 41.0 cm³/mol. The van der Waals surface area contributed by atoms with E-state index in [1.54, 1.807) is 13.8 Å². The second-order valence-electron chi connectivity index (χ2n) is 2.07. The van der Waals surface area contributed by atoms with Crippen molar-refractivity contribution in [1.82, 2.24) is 4.72 Å². The van der Waals surface area contributed by atoms with Crippen molar-refractivity contribution < 1.29 is 8.42 Å². The number of hydrogen-bond acceptors (Lipinski definition) is 2. The molecule has 0 saturated carbocycles. The fraction of sp³-hybridized carbons (Fsp3) is 1.00. The molecule has 0 aliphatic rings. The van der Waals surface area contributed by atoms with Crippen molar-refractivity contribution in [2.24, 2.45) is 0 Å². The molecule has 0 heterocycles. The standard InChI is InChI=1S/C4H10BrNO2S/c1-4(2,5)9(7,8)6-3/h6H,1-3H3. The summed E-state index contributed by atoms with van der Waals surface area (Å²) in [4.78, 5) is 0. The quantitative estimate of drug-likeness (QED) is 0.689. The number of alkyl halides is 1. The Morgan fingerprint density at radius 3 is 1.78 bits per heavy atom. The van der Waals surface area contributed by atoms with Crippen molar-refractivity contribution in [2.45, 2.75) is 17.5 Å². The van der Waals surface area contributed by atoms with Gasteiger partial charge in [-0.25, -0.2) is 13.1 Å². The highest BCUT2D eigenvalue weighted by Crippen LogP contribution is 2.21. The molecule has 0 saturated heterocycles. The Labute approximate surface area is 64.0 Å². The van der Waals surface area contributed by atoms with Crippen LogP contribution in [0.3, 0.4) is 0 Å². The second-order valence-corrected chi connectivity index (χ2v) is 7.01. The van der Waals surface area contributed by atoms with Crippen LogP contribution in [0, 0.1) is 0 Å². The van der Waals surface area contributed by atoms with E-state index in [1.807, 2.05) is 0 Å². The molecule has 9 heavy (non-hydrogen) atoms. The molecule has 0 aromatic carbocycles. The SMILES string of the molecule is CNS(=O)(=O)C(C)(C)Br. The van der Waals surface area contributed by atoms with E-state index in [0.717, 1.165) is 0 Å². The fourth-order valence-electron chi connectivity index (χ4n) is 0.243. The van der Waals surface area contributed by atoms with E-state index in [2.05, 4.69) is 20.7 Å². The van der Waals surface area contributed by atoms with Gasteiger partial charge in [-0.3, -0.25) is 0 Å². The van der Waals surface area contributed by atoms with Crippen LogP contribution >= 0.6 is 15.9 Å². The van der Waals surface area contributed by atoms with Gasteiger partial charge < -0.3 is 0 Å². The van der Waals surface area contributed by atoms with Crippen LogP contribution in [0.15, 0.2) is 0 Å². The molecule has 0 aromatic heterocycles. The summed E-state index contributed by atoms with van der Waals surface area (Å²) in [6.45, 7) is 3.14. The molecule has 0 rings (SSSR count). The predicted octanol–water partition coefficient (Wildman–Crippen LogP) is 0.667. The van der Waals surface area contributed by atoms with Gasteiger partial charge in [0.15, 0.2) is 0 Å². The van der Waals surface area contributed by atoms with Gasteiger partial charge in [0.2, 0.25) is 10.0 Å². The molecule has 0 aromatic rings. The summed E-state index contributed by atoms with van der Waals surface area (Å²) in [5.41, 5.74) is 0. The Morgan fingerprint density at radius 1 is 1.44 bits per heavy atom. The molecule has 3 nitrogen and oxygen atoms in total. The second kappa shape index (κ2) is 2.56. The van der Waals surface area contributed by atoms with Crippen LogP contribution in [-0.4, -0.2) is 19.1 Å². The highest BCUT2D eigenvalue weighted by molar-refractivity contribution is 9.11. The lowest BCUT2D eigenvalue weighted by Crippen LogP contribution is -2.34. The van der Waals surface area contributed by atoms with E-state index >= 15 is 0 Å².